The number of aryl methyl sites for hydroxylation is 1. The largest absolute Gasteiger partial charge is 0.481 e. The van der Waals surface area contributed by atoms with E-state index in [0.29, 0.717) is 11.4 Å². The first-order valence-corrected chi connectivity index (χ1v) is 5.32. The standard InChI is InChI=1S/C11H11N5O3/c1-6-10(16(17)18)9(15-11(12)14-6)7-3-4-13-8(5-7)19-2/h3-5H,1-2H3,(H2,12,14,15). The summed E-state index contributed by atoms with van der Waals surface area (Å²) in [5.41, 5.74) is 6.22. The number of hydrogen-bond donors (Lipinski definition) is 1. The summed E-state index contributed by atoms with van der Waals surface area (Å²) in [4.78, 5) is 22.3. The fourth-order valence-electron chi connectivity index (χ4n) is 1.68. The molecule has 8 heteroatoms. The minimum absolute atomic E-state index is 0.0196. The van der Waals surface area contributed by atoms with Crippen molar-refractivity contribution in [3.05, 3.63) is 34.1 Å². The van der Waals surface area contributed by atoms with Gasteiger partial charge in [-0.05, 0) is 13.0 Å². The monoisotopic (exact) mass is 261 g/mol. The average molecular weight is 261 g/mol. The number of nitrogens with zero attached hydrogens (tertiary/aromatic N) is 4. The molecule has 0 aliphatic heterocycles. The van der Waals surface area contributed by atoms with E-state index in [1.165, 1.54) is 20.2 Å². The number of hydrogen-bond acceptors (Lipinski definition) is 7. The SMILES string of the molecule is COc1cc(-c2nc(N)nc(C)c2[N+](=O)[O-])ccn1. The Labute approximate surface area is 108 Å². The lowest BCUT2D eigenvalue weighted by Gasteiger charge is -2.06. The highest BCUT2D eigenvalue weighted by Gasteiger charge is 2.23. The van der Waals surface area contributed by atoms with Crippen molar-refractivity contribution in [1.29, 1.82) is 0 Å². The molecule has 8 nitrogen and oxygen atoms in total. The average Bonchev–Trinajstić information content (AvgIpc) is 2.37. The van der Waals surface area contributed by atoms with Gasteiger partial charge in [0.05, 0.1) is 12.0 Å². The molecule has 0 aliphatic rings. The Hall–Kier alpha value is -2.77. The Morgan fingerprint density at radius 3 is 2.79 bits per heavy atom. The quantitative estimate of drug-likeness (QED) is 0.654. The number of aromatic nitrogens is 3. The molecular formula is C11H11N5O3. The summed E-state index contributed by atoms with van der Waals surface area (Å²) in [7, 11) is 1.46. The first-order chi connectivity index (χ1) is 9.02. The third-order valence-electron chi connectivity index (χ3n) is 2.48. The molecule has 0 bridgehead atoms. The van der Waals surface area contributed by atoms with Gasteiger partial charge in [0.25, 0.3) is 0 Å². The molecule has 98 valence electrons. The number of rotatable bonds is 3. The van der Waals surface area contributed by atoms with E-state index in [1.807, 2.05) is 0 Å². The third kappa shape index (κ3) is 2.41. The molecular weight excluding hydrogens is 250 g/mol. The van der Waals surface area contributed by atoms with Crippen molar-refractivity contribution in [2.45, 2.75) is 6.92 Å². The van der Waals surface area contributed by atoms with Gasteiger partial charge in [-0.1, -0.05) is 0 Å². The van der Waals surface area contributed by atoms with Crippen molar-refractivity contribution in [3.63, 3.8) is 0 Å². The highest BCUT2D eigenvalue weighted by atomic mass is 16.6. The fraction of sp³-hybridized carbons (Fsp3) is 0.182. The molecule has 0 fully saturated rings. The van der Waals surface area contributed by atoms with Crippen LogP contribution in [0.3, 0.4) is 0 Å². The van der Waals surface area contributed by atoms with Gasteiger partial charge in [0.1, 0.15) is 5.69 Å². The van der Waals surface area contributed by atoms with E-state index < -0.39 is 4.92 Å². The van der Waals surface area contributed by atoms with Crippen LogP contribution in [0, 0.1) is 17.0 Å². The van der Waals surface area contributed by atoms with E-state index in [9.17, 15) is 10.1 Å². The molecule has 2 N–H and O–H groups in total. The molecule has 19 heavy (non-hydrogen) atoms. The Morgan fingerprint density at radius 1 is 1.42 bits per heavy atom. The van der Waals surface area contributed by atoms with Crippen LogP contribution >= 0.6 is 0 Å². The molecule has 0 radical (unpaired) electrons. The van der Waals surface area contributed by atoms with Crippen molar-refractivity contribution in [2.24, 2.45) is 0 Å². The van der Waals surface area contributed by atoms with E-state index in [-0.39, 0.29) is 23.0 Å². The number of nitro groups is 1. The Bertz CT molecular complexity index is 644. The van der Waals surface area contributed by atoms with Crippen LogP contribution in [0.15, 0.2) is 18.3 Å². The molecule has 2 aromatic heterocycles. The summed E-state index contributed by atoms with van der Waals surface area (Å²) in [5.74, 6) is 0.315. The van der Waals surface area contributed by atoms with Gasteiger partial charge in [-0.3, -0.25) is 10.1 Å². The Balaban J connectivity index is 2.69. The maximum atomic E-state index is 11.1. The van der Waals surface area contributed by atoms with Crippen LogP contribution in [-0.2, 0) is 0 Å². The maximum absolute atomic E-state index is 11.1. The molecule has 0 unspecified atom stereocenters. The lowest BCUT2D eigenvalue weighted by atomic mass is 10.1. The van der Waals surface area contributed by atoms with Gasteiger partial charge < -0.3 is 10.5 Å². The normalized spacial score (nSPS) is 10.2. The van der Waals surface area contributed by atoms with Crippen molar-refractivity contribution >= 4 is 11.6 Å². The molecule has 2 rings (SSSR count). The number of nitrogen functional groups attached to an aromatic ring is 1. The molecule has 0 saturated heterocycles. The number of ether oxygens (including phenoxy) is 1. The van der Waals surface area contributed by atoms with E-state index >= 15 is 0 Å². The van der Waals surface area contributed by atoms with Gasteiger partial charge in [-0.2, -0.15) is 0 Å². The Kier molecular flexibility index (Phi) is 3.23. The zero-order valence-electron chi connectivity index (χ0n) is 10.3. The minimum Gasteiger partial charge on any atom is -0.481 e. The number of methoxy groups -OCH3 is 1. The first-order valence-electron chi connectivity index (χ1n) is 5.32. The minimum atomic E-state index is -0.531. The van der Waals surface area contributed by atoms with Crippen LogP contribution in [0.4, 0.5) is 11.6 Å². The van der Waals surface area contributed by atoms with Crippen molar-refractivity contribution in [3.8, 4) is 17.1 Å². The Morgan fingerprint density at radius 2 is 2.16 bits per heavy atom. The summed E-state index contributed by atoms with van der Waals surface area (Å²) in [5, 5.41) is 11.1. The zero-order valence-corrected chi connectivity index (χ0v) is 10.3. The molecule has 0 atom stereocenters. The lowest BCUT2D eigenvalue weighted by molar-refractivity contribution is -0.385. The molecule has 0 spiro atoms. The van der Waals surface area contributed by atoms with Gasteiger partial charge in [0, 0.05) is 17.8 Å². The fourth-order valence-corrected chi connectivity index (χ4v) is 1.68. The molecule has 0 aromatic carbocycles. The highest BCUT2D eigenvalue weighted by Crippen LogP contribution is 2.31. The van der Waals surface area contributed by atoms with E-state index in [2.05, 4.69) is 15.0 Å². The van der Waals surface area contributed by atoms with Gasteiger partial charge in [0.15, 0.2) is 5.69 Å². The number of pyridine rings is 1. The third-order valence-corrected chi connectivity index (χ3v) is 2.48. The summed E-state index contributed by atoms with van der Waals surface area (Å²) >= 11 is 0. The van der Waals surface area contributed by atoms with Crippen molar-refractivity contribution in [2.75, 3.05) is 12.8 Å². The summed E-state index contributed by atoms with van der Waals surface area (Å²) in [6.45, 7) is 1.51. The first kappa shape index (κ1) is 12.7. The second-order valence-electron chi connectivity index (χ2n) is 3.71. The highest BCUT2D eigenvalue weighted by molar-refractivity contribution is 5.72. The van der Waals surface area contributed by atoms with Gasteiger partial charge in [0.2, 0.25) is 11.8 Å². The maximum Gasteiger partial charge on any atom is 0.316 e. The van der Waals surface area contributed by atoms with Crippen LogP contribution < -0.4 is 10.5 Å². The molecule has 2 aromatic rings. The summed E-state index contributed by atoms with van der Waals surface area (Å²) < 4.78 is 4.98. The van der Waals surface area contributed by atoms with Crippen LogP contribution in [0.5, 0.6) is 5.88 Å². The number of nitrogens with two attached hydrogens (primary N) is 1. The smallest absolute Gasteiger partial charge is 0.316 e. The predicted molar refractivity (Wildman–Crippen MR) is 67.6 cm³/mol. The van der Waals surface area contributed by atoms with Gasteiger partial charge >= 0.3 is 5.69 Å². The zero-order chi connectivity index (χ0) is 14.0. The van der Waals surface area contributed by atoms with E-state index in [1.54, 1.807) is 12.1 Å². The van der Waals surface area contributed by atoms with Crippen LogP contribution in [0.1, 0.15) is 5.69 Å². The molecule has 0 aliphatic carbocycles. The summed E-state index contributed by atoms with van der Waals surface area (Å²) in [6.07, 6.45) is 1.48. The molecule has 0 amide bonds. The predicted octanol–water partition coefficient (Wildman–Crippen LogP) is 1.35. The molecule has 2 heterocycles. The van der Waals surface area contributed by atoms with Crippen LogP contribution in [-0.4, -0.2) is 27.0 Å². The van der Waals surface area contributed by atoms with Gasteiger partial charge in [-0.15, -0.1) is 0 Å². The lowest BCUT2D eigenvalue weighted by Crippen LogP contribution is -2.04. The second kappa shape index (κ2) is 4.84. The topological polar surface area (TPSA) is 117 Å². The van der Waals surface area contributed by atoms with Crippen molar-refractivity contribution < 1.29 is 9.66 Å². The van der Waals surface area contributed by atoms with E-state index in [4.69, 9.17) is 10.5 Å². The van der Waals surface area contributed by atoms with Crippen LogP contribution in [0.25, 0.3) is 11.3 Å². The summed E-state index contributed by atoms with van der Waals surface area (Å²) in [6, 6.07) is 3.14. The second-order valence-corrected chi connectivity index (χ2v) is 3.71. The number of anilines is 1. The van der Waals surface area contributed by atoms with Crippen LogP contribution in [0.2, 0.25) is 0 Å². The van der Waals surface area contributed by atoms with Crippen molar-refractivity contribution in [1.82, 2.24) is 15.0 Å². The van der Waals surface area contributed by atoms with E-state index in [0.717, 1.165) is 0 Å². The van der Waals surface area contributed by atoms with Gasteiger partial charge in [-0.25, -0.2) is 15.0 Å². The molecule has 0 saturated carbocycles.